The summed E-state index contributed by atoms with van der Waals surface area (Å²) in [6, 6.07) is 27.3. The molecule has 2 aromatic heterocycles. The van der Waals surface area contributed by atoms with E-state index in [4.69, 9.17) is 5.10 Å². The highest BCUT2D eigenvalue weighted by atomic mass is 15.3. The molecule has 0 unspecified atom stereocenters. The van der Waals surface area contributed by atoms with Gasteiger partial charge in [0.1, 0.15) is 0 Å². The minimum Gasteiger partial charge on any atom is -0.236 e. The van der Waals surface area contributed by atoms with Crippen molar-refractivity contribution < 1.29 is 0 Å². The Kier molecular flexibility index (Phi) is 3.32. The fourth-order valence-electron chi connectivity index (χ4n) is 3.56. The van der Waals surface area contributed by atoms with Crippen molar-refractivity contribution in [1.29, 1.82) is 0 Å². The summed E-state index contributed by atoms with van der Waals surface area (Å²) >= 11 is 0. The van der Waals surface area contributed by atoms with Crippen LogP contribution in [0.3, 0.4) is 0 Å². The van der Waals surface area contributed by atoms with Crippen molar-refractivity contribution in [1.82, 2.24) is 14.6 Å². The van der Waals surface area contributed by atoms with E-state index in [1.54, 1.807) is 0 Å². The van der Waals surface area contributed by atoms with Crippen LogP contribution in [-0.4, -0.2) is 14.6 Å². The Morgan fingerprint density at radius 1 is 0.731 bits per heavy atom. The quantitative estimate of drug-likeness (QED) is 0.425. The van der Waals surface area contributed by atoms with E-state index in [0.717, 1.165) is 33.7 Å². The molecule has 0 spiro atoms. The Morgan fingerprint density at radius 2 is 1.50 bits per heavy atom. The van der Waals surface area contributed by atoms with Crippen LogP contribution in [0, 0.1) is 6.92 Å². The van der Waals surface area contributed by atoms with Crippen LogP contribution in [0.25, 0.3) is 38.8 Å². The van der Waals surface area contributed by atoms with Gasteiger partial charge in [-0.1, -0.05) is 66.7 Å². The van der Waals surface area contributed by atoms with Crippen LogP contribution in [0.4, 0.5) is 0 Å². The predicted molar refractivity (Wildman–Crippen MR) is 106 cm³/mol. The van der Waals surface area contributed by atoms with Gasteiger partial charge in [0, 0.05) is 17.3 Å². The SMILES string of the molecule is Cc1nn2c(-c3ccc4ccccc4c3)ccnc2c1-c1ccccc1. The zero-order valence-electron chi connectivity index (χ0n) is 14.4. The summed E-state index contributed by atoms with van der Waals surface area (Å²) in [6.45, 7) is 2.04. The van der Waals surface area contributed by atoms with Gasteiger partial charge >= 0.3 is 0 Å². The van der Waals surface area contributed by atoms with Crippen molar-refractivity contribution in [2.45, 2.75) is 6.92 Å². The molecule has 0 aliphatic carbocycles. The second-order valence-electron chi connectivity index (χ2n) is 6.45. The number of aromatic nitrogens is 3. The molecular formula is C23H17N3. The molecule has 26 heavy (non-hydrogen) atoms. The molecule has 2 heterocycles. The van der Waals surface area contributed by atoms with E-state index < -0.39 is 0 Å². The molecule has 0 radical (unpaired) electrons. The first kappa shape index (κ1) is 14.8. The number of benzene rings is 3. The molecule has 0 atom stereocenters. The lowest BCUT2D eigenvalue weighted by atomic mass is 10.0. The van der Waals surface area contributed by atoms with E-state index in [1.807, 2.05) is 41.9 Å². The number of fused-ring (bicyclic) bond motifs is 2. The minimum absolute atomic E-state index is 0.888. The van der Waals surface area contributed by atoms with Crippen molar-refractivity contribution in [3.63, 3.8) is 0 Å². The monoisotopic (exact) mass is 335 g/mol. The minimum atomic E-state index is 0.888. The summed E-state index contributed by atoms with van der Waals surface area (Å²) in [5.41, 5.74) is 6.29. The first-order valence-corrected chi connectivity index (χ1v) is 8.70. The van der Waals surface area contributed by atoms with E-state index in [2.05, 4.69) is 59.6 Å². The van der Waals surface area contributed by atoms with Crippen LogP contribution in [0.2, 0.25) is 0 Å². The van der Waals surface area contributed by atoms with Gasteiger partial charge in [-0.2, -0.15) is 5.10 Å². The summed E-state index contributed by atoms with van der Waals surface area (Å²) < 4.78 is 1.96. The van der Waals surface area contributed by atoms with Crippen molar-refractivity contribution in [2.75, 3.05) is 0 Å². The van der Waals surface area contributed by atoms with Crippen molar-refractivity contribution in [2.24, 2.45) is 0 Å². The molecular weight excluding hydrogens is 318 g/mol. The first-order valence-electron chi connectivity index (χ1n) is 8.70. The Balaban J connectivity index is 1.76. The molecule has 5 rings (SSSR count). The van der Waals surface area contributed by atoms with Gasteiger partial charge in [-0.05, 0) is 35.4 Å². The summed E-state index contributed by atoms with van der Waals surface area (Å²) in [7, 11) is 0. The number of hydrogen-bond donors (Lipinski definition) is 0. The lowest BCUT2D eigenvalue weighted by molar-refractivity contribution is 0.925. The molecule has 5 aromatic rings. The zero-order chi connectivity index (χ0) is 17.5. The maximum absolute atomic E-state index is 4.80. The van der Waals surface area contributed by atoms with Crippen LogP contribution in [0.15, 0.2) is 85.1 Å². The largest absolute Gasteiger partial charge is 0.236 e. The van der Waals surface area contributed by atoms with Gasteiger partial charge in [0.2, 0.25) is 0 Å². The van der Waals surface area contributed by atoms with E-state index in [1.165, 1.54) is 10.8 Å². The van der Waals surface area contributed by atoms with Gasteiger partial charge < -0.3 is 0 Å². The molecule has 0 N–H and O–H groups in total. The van der Waals surface area contributed by atoms with E-state index >= 15 is 0 Å². The van der Waals surface area contributed by atoms with Gasteiger partial charge in [0.05, 0.1) is 11.4 Å². The highest BCUT2D eigenvalue weighted by Gasteiger charge is 2.15. The van der Waals surface area contributed by atoms with Crippen LogP contribution in [0.1, 0.15) is 5.69 Å². The van der Waals surface area contributed by atoms with Crippen molar-refractivity contribution in [3.05, 3.63) is 90.8 Å². The standard InChI is InChI=1S/C23H17N3/c1-16-22(18-8-3-2-4-9-18)23-24-14-13-21(26(23)25-16)20-12-11-17-7-5-6-10-19(17)15-20/h2-15H,1H3. The topological polar surface area (TPSA) is 30.2 Å². The summed E-state index contributed by atoms with van der Waals surface area (Å²) in [6.07, 6.45) is 1.87. The van der Waals surface area contributed by atoms with Crippen molar-refractivity contribution in [3.8, 4) is 22.4 Å². The van der Waals surface area contributed by atoms with Crippen molar-refractivity contribution >= 4 is 16.4 Å². The molecule has 3 heteroatoms. The van der Waals surface area contributed by atoms with Crippen LogP contribution in [-0.2, 0) is 0 Å². The van der Waals surface area contributed by atoms with Crippen LogP contribution >= 0.6 is 0 Å². The third-order valence-electron chi connectivity index (χ3n) is 4.80. The number of hydrogen-bond acceptors (Lipinski definition) is 2. The van der Waals surface area contributed by atoms with Crippen LogP contribution < -0.4 is 0 Å². The third-order valence-corrected chi connectivity index (χ3v) is 4.80. The highest BCUT2D eigenvalue weighted by Crippen LogP contribution is 2.30. The smallest absolute Gasteiger partial charge is 0.163 e. The molecule has 0 amide bonds. The number of nitrogens with zero attached hydrogens (tertiary/aromatic N) is 3. The summed E-state index contributed by atoms with van der Waals surface area (Å²) in [5, 5.41) is 7.26. The predicted octanol–water partition coefficient (Wildman–Crippen LogP) is 5.52. The second-order valence-corrected chi connectivity index (χ2v) is 6.45. The fourth-order valence-corrected chi connectivity index (χ4v) is 3.56. The first-order chi connectivity index (χ1) is 12.8. The van der Waals surface area contributed by atoms with Crippen LogP contribution in [0.5, 0.6) is 0 Å². The molecule has 0 bridgehead atoms. The number of rotatable bonds is 2. The van der Waals surface area contributed by atoms with Gasteiger partial charge in [0.25, 0.3) is 0 Å². The lowest BCUT2D eigenvalue weighted by Gasteiger charge is -2.07. The van der Waals surface area contributed by atoms with E-state index in [9.17, 15) is 0 Å². The molecule has 0 fully saturated rings. The van der Waals surface area contributed by atoms with Gasteiger partial charge in [-0.3, -0.25) is 0 Å². The van der Waals surface area contributed by atoms with E-state index in [0.29, 0.717) is 0 Å². The summed E-state index contributed by atoms with van der Waals surface area (Å²) in [4.78, 5) is 4.63. The van der Waals surface area contributed by atoms with E-state index in [-0.39, 0.29) is 0 Å². The van der Waals surface area contributed by atoms with Gasteiger partial charge in [0.15, 0.2) is 5.65 Å². The molecule has 124 valence electrons. The maximum Gasteiger partial charge on any atom is 0.163 e. The molecule has 0 aliphatic rings. The average molecular weight is 335 g/mol. The molecule has 0 saturated carbocycles. The maximum atomic E-state index is 4.80. The van der Waals surface area contributed by atoms with Gasteiger partial charge in [-0.25, -0.2) is 9.50 Å². The Hall–Kier alpha value is -3.46. The third kappa shape index (κ3) is 2.29. The van der Waals surface area contributed by atoms with Gasteiger partial charge in [-0.15, -0.1) is 0 Å². The average Bonchev–Trinajstić information content (AvgIpc) is 3.04. The Bertz CT molecular complexity index is 1240. The summed E-state index contributed by atoms with van der Waals surface area (Å²) in [5.74, 6) is 0. The molecule has 0 aliphatic heterocycles. The normalized spacial score (nSPS) is 11.3. The highest BCUT2D eigenvalue weighted by molar-refractivity contribution is 5.88. The molecule has 3 nitrogen and oxygen atoms in total. The second kappa shape index (κ2) is 5.81. The Morgan fingerprint density at radius 3 is 2.35 bits per heavy atom. The number of aryl methyl sites for hydroxylation is 1. The molecule has 0 saturated heterocycles. The lowest BCUT2D eigenvalue weighted by Crippen LogP contribution is -1.96. The zero-order valence-corrected chi connectivity index (χ0v) is 14.4. The fraction of sp³-hybridized carbons (Fsp3) is 0.0435. The molecule has 3 aromatic carbocycles. The Labute approximate surface area is 151 Å².